The lowest BCUT2D eigenvalue weighted by atomic mass is 10.1. The van der Waals surface area contributed by atoms with E-state index in [-0.39, 0.29) is 0 Å². The number of hydrogen-bond donors (Lipinski definition) is 2. The van der Waals surface area contributed by atoms with Crippen molar-refractivity contribution in [1.29, 1.82) is 0 Å². The molecule has 84 valence electrons. The fourth-order valence-corrected chi connectivity index (χ4v) is 1.20. The predicted molar refractivity (Wildman–Crippen MR) is 59.7 cm³/mol. The van der Waals surface area contributed by atoms with Gasteiger partial charge in [-0.25, -0.2) is 5.90 Å². The van der Waals surface area contributed by atoms with E-state index in [1.807, 2.05) is 31.3 Å². The van der Waals surface area contributed by atoms with Gasteiger partial charge in [0.1, 0.15) is 12.4 Å². The Balaban J connectivity index is 2.35. The average Bonchev–Trinajstić information content (AvgIpc) is 2.28. The van der Waals surface area contributed by atoms with Gasteiger partial charge in [-0.2, -0.15) is 0 Å². The quantitative estimate of drug-likeness (QED) is 0.514. The molecule has 0 aromatic heterocycles. The van der Waals surface area contributed by atoms with Gasteiger partial charge in [-0.1, -0.05) is 12.1 Å². The summed E-state index contributed by atoms with van der Waals surface area (Å²) in [6.07, 6.45) is 0.827. The summed E-state index contributed by atoms with van der Waals surface area (Å²) in [6.45, 7) is 2.07. The van der Waals surface area contributed by atoms with Crippen LogP contribution in [0.15, 0.2) is 24.3 Å². The summed E-state index contributed by atoms with van der Waals surface area (Å²) in [4.78, 5) is 4.52. The summed E-state index contributed by atoms with van der Waals surface area (Å²) in [5.41, 5.74) is 1.20. The highest BCUT2D eigenvalue weighted by molar-refractivity contribution is 5.27. The molecule has 3 N–H and O–H groups in total. The molecule has 0 atom stereocenters. The van der Waals surface area contributed by atoms with Gasteiger partial charge in [0.15, 0.2) is 0 Å². The Morgan fingerprint density at radius 3 is 2.53 bits per heavy atom. The van der Waals surface area contributed by atoms with Crippen LogP contribution in [0.25, 0.3) is 0 Å². The monoisotopic (exact) mass is 210 g/mol. The molecule has 4 nitrogen and oxygen atoms in total. The average molecular weight is 210 g/mol. The van der Waals surface area contributed by atoms with E-state index in [9.17, 15) is 0 Å². The van der Waals surface area contributed by atoms with Gasteiger partial charge in [-0.05, 0) is 31.2 Å². The van der Waals surface area contributed by atoms with E-state index in [1.54, 1.807) is 0 Å². The largest absolute Gasteiger partial charge is 0.492 e. The summed E-state index contributed by atoms with van der Waals surface area (Å²) in [6, 6.07) is 7.96. The van der Waals surface area contributed by atoms with Crippen LogP contribution in [0.2, 0.25) is 0 Å². The molecule has 0 fully saturated rings. The van der Waals surface area contributed by atoms with Crippen LogP contribution < -0.4 is 16.0 Å². The van der Waals surface area contributed by atoms with Crippen LogP contribution in [0.5, 0.6) is 5.75 Å². The fraction of sp³-hybridized carbons (Fsp3) is 0.455. The second kappa shape index (κ2) is 7.23. The van der Waals surface area contributed by atoms with E-state index < -0.39 is 0 Å². The van der Waals surface area contributed by atoms with Gasteiger partial charge in [-0.15, -0.1) is 0 Å². The van der Waals surface area contributed by atoms with Crippen molar-refractivity contribution in [2.45, 2.75) is 6.42 Å². The minimum absolute atomic E-state index is 0.542. The zero-order valence-corrected chi connectivity index (χ0v) is 9.03. The molecule has 0 spiro atoms. The van der Waals surface area contributed by atoms with Crippen LogP contribution in [0.1, 0.15) is 5.56 Å². The Hall–Kier alpha value is -1.10. The third-order valence-corrected chi connectivity index (χ3v) is 2.05. The Labute approximate surface area is 90.3 Å². The number of likely N-dealkylation sites (N-methyl/N-ethyl adjacent to an activating group) is 1. The first-order valence-electron chi connectivity index (χ1n) is 5.05. The number of ether oxygens (including phenoxy) is 1. The van der Waals surface area contributed by atoms with Gasteiger partial charge < -0.3 is 14.9 Å². The minimum Gasteiger partial charge on any atom is -0.492 e. The van der Waals surface area contributed by atoms with Crippen molar-refractivity contribution in [3.05, 3.63) is 29.8 Å². The van der Waals surface area contributed by atoms with Crippen molar-refractivity contribution in [3.8, 4) is 5.75 Å². The standard InChI is InChI=1S/C11H18N2O2/c1-13-7-9-14-11-4-2-10(3-5-11)6-8-15-12/h2-5,13H,6-9,12H2,1H3. The number of nitrogens with two attached hydrogens (primary N) is 1. The Bertz CT molecular complexity index is 262. The summed E-state index contributed by atoms with van der Waals surface area (Å²) in [5.74, 6) is 5.85. The lowest BCUT2D eigenvalue weighted by Gasteiger charge is -2.06. The second-order valence-corrected chi connectivity index (χ2v) is 3.22. The molecule has 0 radical (unpaired) electrons. The number of hydrogen-bond acceptors (Lipinski definition) is 4. The van der Waals surface area contributed by atoms with E-state index >= 15 is 0 Å². The van der Waals surface area contributed by atoms with Crippen molar-refractivity contribution in [3.63, 3.8) is 0 Å². The molecule has 0 unspecified atom stereocenters. The molecule has 0 bridgehead atoms. The van der Waals surface area contributed by atoms with Crippen molar-refractivity contribution < 1.29 is 9.57 Å². The van der Waals surface area contributed by atoms with Crippen molar-refractivity contribution in [2.24, 2.45) is 5.90 Å². The van der Waals surface area contributed by atoms with Crippen LogP contribution in [0.3, 0.4) is 0 Å². The number of rotatable bonds is 7. The van der Waals surface area contributed by atoms with Crippen molar-refractivity contribution in [1.82, 2.24) is 5.32 Å². The zero-order valence-electron chi connectivity index (χ0n) is 9.03. The lowest BCUT2D eigenvalue weighted by Crippen LogP contribution is -2.15. The second-order valence-electron chi connectivity index (χ2n) is 3.22. The zero-order chi connectivity index (χ0) is 10.9. The van der Waals surface area contributed by atoms with Crippen LogP contribution in [-0.2, 0) is 11.3 Å². The molecule has 1 rings (SSSR count). The summed E-state index contributed by atoms with van der Waals surface area (Å²) in [5, 5.41) is 3.02. The van der Waals surface area contributed by atoms with Crippen LogP contribution in [0, 0.1) is 0 Å². The molecular formula is C11H18N2O2. The van der Waals surface area contributed by atoms with E-state index in [1.165, 1.54) is 5.56 Å². The fourth-order valence-electron chi connectivity index (χ4n) is 1.20. The highest BCUT2D eigenvalue weighted by Crippen LogP contribution is 2.12. The highest BCUT2D eigenvalue weighted by atomic mass is 16.6. The molecule has 0 amide bonds. The molecule has 1 aromatic rings. The Kier molecular flexibility index (Phi) is 5.77. The van der Waals surface area contributed by atoms with Gasteiger partial charge in [0.2, 0.25) is 0 Å². The molecule has 0 aliphatic heterocycles. The maximum atomic E-state index is 5.49. The Morgan fingerprint density at radius 2 is 1.93 bits per heavy atom. The number of benzene rings is 1. The molecule has 0 aliphatic carbocycles. The maximum Gasteiger partial charge on any atom is 0.119 e. The van der Waals surface area contributed by atoms with Crippen molar-refractivity contribution in [2.75, 3.05) is 26.8 Å². The number of nitrogens with one attached hydrogen (secondary N) is 1. The molecule has 15 heavy (non-hydrogen) atoms. The molecule has 0 heterocycles. The molecule has 0 saturated carbocycles. The molecule has 0 aliphatic rings. The van der Waals surface area contributed by atoms with E-state index in [0.717, 1.165) is 18.7 Å². The van der Waals surface area contributed by atoms with Gasteiger partial charge in [0.05, 0.1) is 6.61 Å². The van der Waals surface area contributed by atoms with Crippen LogP contribution in [0.4, 0.5) is 0 Å². The van der Waals surface area contributed by atoms with Crippen LogP contribution in [-0.4, -0.2) is 26.8 Å². The summed E-state index contributed by atoms with van der Waals surface area (Å²) >= 11 is 0. The first kappa shape index (κ1) is 12.0. The van der Waals surface area contributed by atoms with Gasteiger partial charge in [0.25, 0.3) is 0 Å². The molecule has 1 aromatic carbocycles. The van der Waals surface area contributed by atoms with Crippen LogP contribution >= 0.6 is 0 Å². The van der Waals surface area contributed by atoms with E-state index in [4.69, 9.17) is 10.6 Å². The molecule has 4 heteroatoms. The SMILES string of the molecule is CNCCOc1ccc(CCON)cc1. The van der Waals surface area contributed by atoms with Gasteiger partial charge >= 0.3 is 0 Å². The summed E-state index contributed by atoms with van der Waals surface area (Å²) in [7, 11) is 1.90. The van der Waals surface area contributed by atoms with E-state index in [0.29, 0.717) is 13.2 Å². The van der Waals surface area contributed by atoms with Crippen molar-refractivity contribution >= 4 is 0 Å². The third-order valence-electron chi connectivity index (χ3n) is 2.05. The van der Waals surface area contributed by atoms with Gasteiger partial charge in [0, 0.05) is 6.54 Å². The van der Waals surface area contributed by atoms with Gasteiger partial charge in [-0.3, -0.25) is 0 Å². The smallest absolute Gasteiger partial charge is 0.119 e. The first-order chi connectivity index (χ1) is 7.36. The lowest BCUT2D eigenvalue weighted by molar-refractivity contribution is 0.141. The summed E-state index contributed by atoms with van der Waals surface area (Å²) < 4.78 is 5.49. The van der Waals surface area contributed by atoms with E-state index in [2.05, 4.69) is 10.2 Å². The first-order valence-corrected chi connectivity index (χ1v) is 5.05. The highest BCUT2D eigenvalue weighted by Gasteiger charge is 1.95. The maximum absolute atomic E-state index is 5.49. The Morgan fingerprint density at radius 1 is 1.20 bits per heavy atom. The topological polar surface area (TPSA) is 56.5 Å². The minimum atomic E-state index is 0.542. The predicted octanol–water partition coefficient (Wildman–Crippen LogP) is 0.718. The third kappa shape index (κ3) is 4.78. The molecule has 0 saturated heterocycles. The molecular weight excluding hydrogens is 192 g/mol. The normalized spacial score (nSPS) is 10.3.